The van der Waals surface area contributed by atoms with Gasteiger partial charge < -0.3 is 20.7 Å². The number of nitrogens with one attached hydrogen (secondary N) is 1. The number of rotatable bonds is 3. The smallest absolute Gasteiger partial charge is 0.255 e. The number of nitrogen functional groups attached to an aromatic ring is 1. The van der Waals surface area contributed by atoms with Gasteiger partial charge in [0, 0.05) is 19.3 Å². The Labute approximate surface area is 111 Å². The second kappa shape index (κ2) is 5.17. The molecule has 0 aliphatic carbocycles. The van der Waals surface area contributed by atoms with E-state index in [1.165, 1.54) is 13.2 Å². The number of likely N-dealkylation sites (N-methyl/N-ethyl adjacent to an activating group) is 1. The van der Waals surface area contributed by atoms with Crippen molar-refractivity contribution in [2.75, 3.05) is 26.4 Å². The van der Waals surface area contributed by atoms with Crippen LogP contribution in [0.1, 0.15) is 16.8 Å². The SMILES string of the molecule is COc1ccc(N)cc1C(=O)NC1CCN(C)C1=O. The zero-order valence-corrected chi connectivity index (χ0v) is 11.0. The summed E-state index contributed by atoms with van der Waals surface area (Å²) in [4.78, 5) is 25.5. The summed E-state index contributed by atoms with van der Waals surface area (Å²) in [5.41, 5.74) is 6.48. The van der Waals surface area contributed by atoms with Crippen LogP contribution in [-0.2, 0) is 4.79 Å². The lowest BCUT2D eigenvalue weighted by molar-refractivity contribution is -0.128. The number of methoxy groups -OCH3 is 1. The third-order valence-electron chi connectivity index (χ3n) is 3.20. The highest BCUT2D eigenvalue weighted by atomic mass is 16.5. The molecule has 19 heavy (non-hydrogen) atoms. The number of benzene rings is 1. The largest absolute Gasteiger partial charge is 0.496 e. The lowest BCUT2D eigenvalue weighted by Crippen LogP contribution is -2.40. The van der Waals surface area contributed by atoms with Gasteiger partial charge in [-0.25, -0.2) is 0 Å². The molecule has 1 unspecified atom stereocenters. The fraction of sp³-hybridized carbons (Fsp3) is 0.385. The quantitative estimate of drug-likeness (QED) is 0.765. The van der Waals surface area contributed by atoms with Crippen molar-refractivity contribution in [1.29, 1.82) is 0 Å². The van der Waals surface area contributed by atoms with Crippen LogP contribution in [-0.4, -0.2) is 43.5 Å². The van der Waals surface area contributed by atoms with Crippen molar-refractivity contribution in [3.8, 4) is 5.75 Å². The molecular formula is C13H17N3O3. The maximum absolute atomic E-state index is 12.2. The normalized spacial score (nSPS) is 18.5. The van der Waals surface area contributed by atoms with Crippen LogP contribution in [0.3, 0.4) is 0 Å². The van der Waals surface area contributed by atoms with Crippen molar-refractivity contribution in [1.82, 2.24) is 10.2 Å². The highest BCUT2D eigenvalue weighted by molar-refractivity contribution is 6.00. The summed E-state index contributed by atoms with van der Waals surface area (Å²) in [6, 6.07) is 4.36. The van der Waals surface area contributed by atoms with Gasteiger partial charge in [-0.1, -0.05) is 0 Å². The average Bonchev–Trinajstić information content (AvgIpc) is 2.70. The molecule has 1 aromatic carbocycles. The Kier molecular flexibility index (Phi) is 3.59. The van der Waals surface area contributed by atoms with Gasteiger partial charge in [-0.15, -0.1) is 0 Å². The fourth-order valence-electron chi connectivity index (χ4n) is 2.10. The van der Waals surface area contributed by atoms with E-state index in [2.05, 4.69) is 5.32 Å². The standard InChI is InChI=1S/C13H17N3O3/c1-16-6-5-10(13(16)18)15-12(17)9-7-8(14)3-4-11(9)19-2/h3-4,7,10H,5-6,14H2,1-2H3,(H,15,17). The molecule has 1 aliphatic heterocycles. The van der Waals surface area contributed by atoms with Crippen LogP contribution in [0, 0.1) is 0 Å². The van der Waals surface area contributed by atoms with Gasteiger partial charge >= 0.3 is 0 Å². The highest BCUT2D eigenvalue weighted by Crippen LogP contribution is 2.21. The first-order chi connectivity index (χ1) is 9.02. The first-order valence-electron chi connectivity index (χ1n) is 6.02. The minimum Gasteiger partial charge on any atom is -0.496 e. The van der Waals surface area contributed by atoms with Crippen molar-refractivity contribution < 1.29 is 14.3 Å². The van der Waals surface area contributed by atoms with E-state index >= 15 is 0 Å². The summed E-state index contributed by atoms with van der Waals surface area (Å²) >= 11 is 0. The van der Waals surface area contributed by atoms with Crippen molar-refractivity contribution in [3.05, 3.63) is 23.8 Å². The van der Waals surface area contributed by atoms with Crippen molar-refractivity contribution in [2.45, 2.75) is 12.5 Å². The molecule has 1 heterocycles. The van der Waals surface area contributed by atoms with E-state index in [4.69, 9.17) is 10.5 Å². The van der Waals surface area contributed by atoms with Gasteiger partial charge in [-0.3, -0.25) is 9.59 Å². The molecule has 0 aromatic heterocycles. The number of nitrogens with zero attached hydrogens (tertiary/aromatic N) is 1. The molecule has 1 aliphatic rings. The fourth-order valence-corrected chi connectivity index (χ4v) is 2.10. The summed E-state index contributed by atoms with van der Waals surface area (Å²) in [5.74, 6) is 0.0134. The van der Waals surface area contributed by atoms with Gasteiger partial charge in [-0.05, 0) is 24.6 Å². The predicted octanol–water partition coefficient (Wildman–Crippen LogP) is 0.238. The molecule has 3 N–H and O–H groups in total. The molecule has 2 amide bonds. The van der Waals surface area contributed by atoms with Crippen LogP contribution in [0.5, 0.6) is 5.75 Å². The summed E-state index contributed by atoms with van der Waals surface area (Å²) < 4.78 is 5.12. The van der Waals surface area contributed by atoms with Gasteiger partial charge in [0.2, 0.25) is 5.91 Å². The van der Waals surface area contributed by atoms with E-state index < -0.39 is 6.04 Å². The molecule has 1 atom stereocenters. The minimum absolute atomic E-state index is 0.0729. The first-order valence-corrected chi connectivity index (χ1v) is 6.02. The monoisotopic (exact) mass is 263 g/mol. The van der Waals surface area contributed by atoms with Gasteiger partial charge in [0.15, 0.2) is 0 Å². The number of carbonyl (C=O) groups excluding carboxylic acids is 2. The van der Waals surface area contributed by atoms with Crippen LogP contribution in [0.4, 0.5) is 5.69 Å². The van der Waals surface area contributed by atoms with Gasteiger partial charge in [0.1, 0.15) is 11.8 Å². The van der Waals surface area contributed by atoms with E-state index in [0.717, 1.165) is 0 Å². The van der Waals surface area contributed by atoms with Crippen molar-refractivity contribution in [2.24, 2.45) is 0 Å². The summed E-state index contributed by atoms with van der Waals surface area (Å²) in [7, 11) is 3.20. The summed E-state index contributed by atoms with van der Waals surface area (Å²) in [5, 5.41) is 2.71. The van der Waals surface area contributed by atoms with Gasteiger partial charge in [-0.2, -0.15) is 0 Å². The van der Waals surface area contributed by atoms with E-state index in [-0.39, 0.29) is 11.8 Å². The molecule has 0 saturated carbocycles. The Morgan fingerprint density at radius 3 is 2.84 bits per heavy atom. The van der Waals surface area contributed by atoms with Crippen LogP contribution >= 0.6 is 0 Å². The molecule has 1 aromatic rings. The van der Waals surface area contributed by atoms with E-state index in [1.807, 2.05) is 0 Å². The van der Waals surface area contributed by atoms with Gasteiger partial charge in [0.05, 0.1) is 12.7 Å². The molecule has 1 fully saturated rings. The van der Waals surface area contributed by atoms with Crippen LogP contribution in [0.25, 0.3) is 0 Å². The molecular weight excluding hydrogens is 246 g/mol. The molecule has 0 spiro atoms. The predicted molar refractivity (Wildman–Crippen MR) is 70.9 cm³/mol. The number of anilines is 1. The Balaban J connectivity index is 2.16. The molecule has 102 valence electrons. The average molecular weight is 263 g/mol. The number of hydrogen-bond acceptors (Lipinski definition) is 4. The number of hydrogen-bond donors (Lipinski definition) is 2. The number of nitrogens with two attached hydrogens (primary N) is 1. The maximum atomic E-state index is 12.2. The lowest BCUT2D eigenvalue weighted by atomic mass is 10.1. The Hall–Kier alpha value is -2.24. The first kappa shape index (κ1) is 13.2. The zero-order chi connectivity index (χ0) is 14.0. The Morgan fingerprint density at radius 2 is 2.26 bits per heavy atom. The Morgan fingerprint density at radius 1 is 1.53 bits per heavy atom. The topological polar surface area (TPSA) is 84.7 Å². The second-order valence-electron chi connectivity index (χ2n) is 4.53. The van der Waals surface area contributed by atoms with Crippen molar-refractivity contribution in [3.63, 3.8) is 0 Å². The van der Waals surface area contributed by atoms with E-state index in [9.17, 15) is 9.59 Å². The minimum atomic E-state index is -0.469. The third kappa shape index (κ3) is 2.62. The summed E-state index contributed by atoms with van der Waals surface area (Å²) in [6.07, 6.45) is 0.617. The second-order valence-corrected chi connectivity index (χ2v) is 4.53. The number of amides is 2. The summed E-state index contributed by atoms with van der Waals surface area (Å²) in [6.45, 7) is 0.651. The van der Waals surface area contributed by atoms with E-state index in [0.29, 0.717) is 30.0 Å². The number of likely N-dealkylation sites (tertiary alicyclic amines) is 1. The maximum Gasteiger partial charge on any atom is 0.255 e. The number of carbonyl (C=O) groups is 2. The molecule has 0 bridgehead atoms. The molecule has 2 rings (SSSR count). The van der Waals surface area contributed by atoms with Crippen LogP contribution < -0.4 is 15.8 Å². The van der Waals surface area contributed by atoms with Crippen molar-refractivity contribution >= 4 is 17.5 Å². The van der Waals surface area contributed by atoms with Gasteiger partial charge in [0.25, 0.3) is 5.91 Å². The van der Waals surface area contributed by atoms with Crippen LogP contribution in [0.15, 0.2) is 18.2 Å². The Bertz CT molecular complexity index is 516. The molecule has 1 saturated heterocycles. The van der Waals surface area contributed by atoms with Crippen LogP contribution in [0.2, 0.25) is 0 Å². The van der Waals surface area contributed by atoms with E-state index in [1.54, 1.807) is 24.1 Å². The third-order valence-corrected chi connectivity index (χ3v) is 3.20. The molecule has 6 heteroatoms. The molecule has 0 radical (unpaired) electrons. The zero-order valence-electron chi connectivity index (χ0n) is 11.0. The highest BCUT2D eigenvalue weighted by Gasteiger charge is 2.30. The molecule has 6 nitrogen and oxygen atoms in total. The number of ether oxygens (including phenoxy) is 1. The lowest BCUT2D eigenvalue weighted by Gasteiger charge is -2.14.